The Kier molecular flexibility index (Phi) is 13.2. The lowest BCUT2D eigenvalue weighted by Crippen LogP contribution is -2.42. The van der Waals surface area contributed by atoms with Crippen molar-refractivity contribution < 1.29 is 22.7 Å². The summed E-state index contributed by atoms with van der Waals surface area (Å²) in [6.45, 7) is 4.80. The molecule has 0 saturated heterocycles. The van der Waals surface area contributed by atoms with Crippen LogP contribution in [0.2, 0.25) is 0 Å². The quantitative estimate of drug-likeness (QED) is 0.154. The number of carbonyl (C=O) groups excluding carboxylic acids is 2. The van der Waals surface area contributed by atoms with Crippen molar-refractivity contribution in [2.24, 2.45) is 11.8 Å². The molecule has 8 nitrogen and oxygen atoms in total. The minimum atomic E-state index is -3.80. The number of nitrogens with zero attached hydrogens (tertiary/aromatic N) is 1. The second kappa shape index (κ2) is 13.5. The fourth-order valence-corrected chi connectivity index (χ4v) is 4.00. The standard InChI is InChI=1S/C14H29N3O5S3/c1-4-6-12(7-5-2)13(18)16-8-10-23-24-11-9-22-14(19)17(15)25(3,20)21/h12H,4-11,15H2,1-3H3,(H,16,18). The van der Waals surface area contributed by atoms with E-state index in [4.69, 9.17) is 10.6 Å². The molecule has 0 rings (SSSR count). The molecule has 2 amide bonds. The molecule has 25 heavy (non-hydrogen) atoms. The van der Waals surface area contributed by atoms with Gasteiger partial charge in [0.05, 0.1) is 6.26 Å². The number of hydrogen-bond acceptors (Lipinski definition) is 8. The molecule has 0 saturated carbocycles. The van der Waals surface area contributed by atoms with Gasteiger partial charge in [0.1, 0.15) is 6.61 Å². The molecule has 0 aliphatic rings. The fraction of sp³-hybridized carbons (Fsp3) is 0.857. The van der Waals surface area contributed by atoms with E-state index >= 15 is 0 Å². The maximum atomic E-state index is 12.0. The van der Waals surface area contributed by atoms with Gasteiger partial charge in [-0.2, -0.15) is 0 Å². The molecule has 148 valence electrons. The van der Waals surface area contributed by atoms with E-state index in [9.17, 15) is 18.0 Å². The van der Waals surface area contributed by atoms with E-state index < -0.39 is 16.1 Å². The summed E-state index contributed by atoms with van der Waals surface area (Å²) in [5.41, 5.74) is 0. The Balaban J connectivity index is 3.73. The van der Waals surface area contributed by atoms with Crippen molar-refractivity contribution in [3.8, 4) is 0 Å². The summed E-state index contributed by atoms with van der Waals surface area (Å²) >= 11 is 0. The number of amides is 2. The van der Waals surface area contributed by atoms with Gasteiger partial charge in [-0.05, 0) is 12.8 Å². The Hall–Kier alpha value is -0.650. The second-order valence-electron chi connectivity index (χ2n) is 5.38. The largest absolute Gasteiger partial charge is 0.447 e. The summed E-state index contributed by atoms with van der Waals surface area (Å²) in [6.07, 6.45) is 3.55. The molecular formula is C14H29N3O5S3. The first-order chi connectivity index (χ1) is 11.7. The Bertz CT molecular complexity index is 496. The Morgan fingerprint density at radius 1 is 1.16 bits per heavy atom. The van der Waals surface area contributed by atoms with Gasteiger partial charge < -0.3 is 10.1 Å². The summed E-state index contributed by atoms with van der Waals surface area (Å²) in [7, 11) is -0.775. The van der Waals surface area contributed by atoms with Crippen molar-refractivity contribution in [1.82, 2.24) is 9.73 Å². The van der Waals surface area contributed by atoms with Crippen LogP contribution < -0.4 is 11.2 Å². The molecular weight excluding hydrogens is 386 g/mol. The average molecular weight is 416 g/mol. The Morgan fingerprint density at radius 2 is 1.72 bits per heavy atom. The maximum Gasteiger partial charge on any atom is 0.438 e. The van der Waals surface area contributed by atoms with E-state index in [1.807, 2.05) is 0 Å². The molecule has 11 heteroatoms. The molecule has 0 aromatic heterocycles. The van der Waals surface area contributed by atoms with Crippen LogP contribution in [0.5, 0.6) is 0 Å². The summed E-state index contributed by atoms with van der Waals surface area (Å²) in [6, 6.07) is 0. The van der Waals surface area contributed by atoms with Gasteiger partial charge in [0.25, 0.3) is 10.0 Å². The van der Waals surface area contributed by atoms with Crippen molar-refractivity contribution in [2.75, 3.05) is 30.9 Å². The number of hydrogen-bond donors (Lipinski definition) is 2. The third kappa shape index (κ3) is 11.6. The van der Waals surface area contributed by atoms with Crippen molar-refractivity contribution >= 4 is 43.6 Å². The van der Waals surface area contributed by atoms with E-state index in [0.29, 0.717) is 12.3 Å². The molecule has 0 unspecified atom stereocenters. The van der Waals surface area contributed by atoms with Crippen molar-refractivity contribution in [3.05, 3.63) is 0 Å². The van der Waals surface area contributed by atoms with Crippen LogP contribution in [0, 0.1) is 5.92 Å². The van der Waals surface area contributed by atoms with Crippen LogP contribution in [0.3, 0.4) is 0 Å². The third-order valence-corrected chi connectivity index (χ3v) is 6.38. The zero-order chi connectivity index (χ0) is 19.3. The van der Waals surface area contributed by atoms with Crippen LogP contribution in [0.4, 0.5) is 4.79 Å². The van der Waals surface area contributed by atoms with Crippen LogP contribution in [0.25, 0.3) is 0 Å². The SMILES string of the molecule is CCCC(CCC)C(=O)NCCSSCCOC(=O)N(N)S(C)(=O)=O. The predicted octanol–water partition coefficient (Wildman–Crippen LogP) is 1.97. The van der Waals surface area contributed by atoms with Crippen molar-refractivity contribution in [1.29, 1.82) is 0 Å². The van der Waals surface area contributed by atoms with Gasteiger partial charge in [0, 0.05) is 24.0 Å². The number of nitrogens with two attached hydrogens (primary N) is 1. The lowest BCUT2D eigenvalue weighted by atomic mass is 9.97. The van der Waals surface area contributed by atoms with Gasteiger partial charge in [-0.3, -0.25) is 4.79 Å². The van der Waals surface area contributed by atoms with Crippen LogP contribution >= 0.6 is 21.6 Å². The molecule has 3 N–H and O–H groups in total. The molecule has 0 aromatic carbocycles. The molecule has 0 fully saturated rings. The first-order valence-electron chi connectivity index (χ1n) is 8.17. The maximum absolute atomic E-state index is 12.0. The second-order valence-corrected chi connectivity index (χ2v) is 9.94. The van der Waals surface area contributed by atoms with Gasteiger partial charge in [-0.1, -0.05) is 48.3 Å². The molecule has 0 spiro atoms. The molecule has 0 aromatic rings. The molecule has 0 atom stereocenters. The number of nitrogens with one attached hydrogen (secondary N) is 1. The first-order valence-corrected chi connectivity index (χ1v) is 12.5. The molecule has 0 heterocycles. The van der Waals surface area contributed by atoms with Gasteiger partial charge in [0.2, 0.25) is 5.91 Å². The highest BCUT2D eigenvalue weighted by Crippen LogP contribution is 2.20. The zero-order valence-electron chi connectivity index (χ0n) is 15.0. The predicted molar refractivity (Wildman–Crippen MR) is 103 cm³/mol. The average Bonchev–Trinajstić information content (AvgIpc) is 2.55. The Labute approximate surface area is 158 Å². The minimum Gasteiger partial charge on any atom is -0.447 e. The van der Waals surface area contributed by atoms with Crippen molar-refractivity contribution in [2.45, 2.75) is 39.5 Å². The number of hydrazine groups is 1. The smallest absolute Gasteiger partial charge is 0.438 e. The van der Waals surface area contributed by atoms with E-state index in [2.05, 4.69) is 19.2 Å². The summed E-state index contributed by atoms with van der Waals surface area (Å²) < 4.78 is 26.9. The van der Waals surface area contributed by atoms with Crippen molar-refractivity contribution in [3.63, 3.8) is 0 Å². The minimum absolute atomic E-state index is 0.0567. The van der Waals surface area contributed by atoms with E-state index in [1.165, 1.54) is 10.8 Å². The lowest BCUT2D eigenvalue weighted by Gasteiger charge is -2.15. The van der Waals surface area contributed by atoms with Crippen LogP contribution in [0.1, 0.15) is 39.5 Å². The van der Waals surface area contributed by atoms with Crippen LogP contribution in [-0.4, -0.2) is 55.7 Å². The topological polar surface area (TPSA) is 119 Å². The normalized spacial score (nSPS) is 11.4. The van der Waals surface area contributed by atoms with E-state index in [0.717, 1.165) is 37.7 Å². The molecule has 0 bridgehead atoms. The number of rotatable bonds is 13. The number of carbonyl (C=O) groups is 2. The lowest BCUT2D eigenvalue weighted by molar-refractivity contribution is -0.125. The van der Waals surface area contributed by atoms with Crippen LogP contribution in [-0.2, 0) is 19.6 Å². The zero-order valence-corrected chi connectivity index (χ0v) is 17.5. The first kappa shape index (κ1) is 24.4. The van der Waals surface area contributed by atoms with E-state index in [1.54, 1.807) is 10.8 Å². The third-order valence-electron chi connectivity index (χ3n) is 3.14. The highest BCUT2D eigenvalue weighted by atomic mass is 33.1. The molecule has 0 aliphatic carbocycles. The van der Waals surface area contributed by atoms with Gasteiger partial charge >= 0.3 is 6.09 Å². The van der Waals surface area contributed by atoms with Gasteiger partial charge in [-0.25, -0.2) is 19.1 Å². The Morgan fingerprint density at radius 3 is 2.24 bits per heavy atom. The highest BCUT2D eigenvalue weighted by molar-refractivity contribution is 8.76. The highest BCUT2D eigenvalue weighted by Gasteiger charge is 2.20. The number of sulfonamides is 1. The molecule has 0 aliphatic heterocycles. The summed E-state index contributed by atoms with van der Waals surface area (Å²) in [4.78, 5) is 23.3. The summed E-state index contributed by atoms with van der Waals surface area (Å²) in [5.74, 6) is 6.54. The number of ether oxygens (including phenoxy) is 1. The van der Waals surface area contributed by atoms with E-state index in [-0.39, 0.29) is 22.8 Å². The van der Waals surface area contributed by atoms with Gasteiger partial charge in [0.15, 0.2) is 0 Å². The molecule has 0 radical (unpaired) electrons. The van der Waals surface area contributed by atoms with Crippen LogP contribution in [0.15, 0.2) is 0 Å². The monoisotopic (exact) mass is 415 g/mol. The van der Waals surface area contributed by atoms with Gasteiger partial charge in [-0.15, -0.1) is 4.41 Å². The fourth-order valence-electron chi connectivity index (χ4n) is 1.94. The summed E-state index contributed by atoms with van der Waals surface area (Å²) in [5, 5.41) is 2.94.